The van der Waals surface area contributed by atoms with Gasteiger partial charge in [-0.25, -0.2) is 9.59 Å². The third-order valence-corrected chi connectivity index (χ3v) is 7.45. The third kappa shape index (κ3) is 10.2. The number of aliphatic carboxylic acids is 2. The van der Waals surface area contributed by atoms with E-state index in [-0.39, 0.29) is 6.29 Å². The van der Waals surface area contributed by atoms with Gasteiger partial charge >= 0.3 is 11.9 Å². The molecule has 11 heteroatoms. The minimum absolute atomic E-state index is 0.0361. The summed E-state index contributed by atoms with van der Waals surface area (Å²) in [5.41, 5.74) is 4.12. The summed E-state index contributed by atoms with van der Waals surface area (Å²) in [6.07, 6.45) is 5.59. The van der Waals surface area contributed by atoms with Crippen LogP contribution in [0.25, 0.3) is 11.0 Å². The largest absolute Gasteiger partial charge is 0.488 e. The minimum Gasteiger partial charge on any atom is -0.488 e. The summed E-state index contributed by atoms with van der Waals surface area (Å²) in [4.78, 5) is 23.7. The lowest BCUT2D eigenvalue weighted by Gasteiger charge is -2.32. The van der Waals surface area contributed by atoms with Crippen molar-refractivity contribution in [3.8, 4) is 5.75 Å². The van der Waals surface area contributed by atoms with Gasteiger partial charge in [0.05, 0.1) is 24.5 Å². The molecule has 2 aromatic carbocycles. The monoisotopic (exact) mass is 595 g/mol. The van der Waals surface area contributed by atoms with Gasteiger partial charge in [0.25, 0.3) is 0 Å². The molecule has 5 rings (SSSR count). The van der Waals surface area contributed by atoms with Crippen molar-refractivity contribution in [1.82, 2.24) is 15.0 Å². The summed E-state index contributed by atoms with van der Waals surface area (Å²) in [5, 5.41) is 21.2. The topological polar surface area (TPSA) is 135 Å². The Labute approximate surface area is 251 Å². The molecule has 43 heavy (non-hydrogen) atoms. The molecule has 0 spiro atoms. The van der Waals surface area contributed by atoms with Gasteiger partial charge in [-0.2, -0.15) is 0 Å². The highest BCUT2D eigenvalue weighted by Crippen LogP contribution is 2.33. The first-order valence-electron chi connectivity index (χ1n) is 14.6. The maximum atomic E-state index is 9.55. The molecule has 232 valence electrons. The number of nitrogens with zero attached hydrogens (tertiary/aromatic N) is 3. The summed E-state index contributed by atoms with van der Waals surface area (Å²) in [6, 6.07) is 14.4. The van der Waals surface area contributed by atoms with Gasteiger partial charge in [-0.3, -0.25) is 4.90 Å². The van der Waals surface area contributed by atoms with E-state index in [0.717, 1.165) is 91.7 Å². The fourth-order valence-electron chi connectivity index (χ4n) is 5.27. The van der Waals surface area contributed by atoms with E-state index in [1.165, 1.54) is 12.8 Å². The Balaban J connectivity index is 0.000000467. The van der Waals surface area contributed by atoms with Crippen molar-refractivity contribution in [2.45, 2.75) is 45.1 Å². The smallest absolute Gasteiger partial charge is 0.328 e. The number of benzene rings is 2. The van der Waals surface area contributed by atoms with Gasteiger partial charge in [0.2, 0.25) is 0 Å². The second kappa shape index (κ2) is 16.2. The van der Waals surface area contributed by atoms with Crippen LogP contribution in [0.5, 0.6) is 5.75 Å². The highest BCUT2D eigenvalue weighted by Gasteiger charge is 2.25. The van der Waals surface area contributed by atoms with Crippen LogP contribution in [0.3, 0.4) is 0 Å². The van der Waals surface area contributed by atoms with E-state index < -0.39 is 11.9 Å². The molecule has 3 aromatic rings. The predicted molar refractivity (Wildman–Crippen MR) is 160 cm³/mol. The Kier molecular flexibility index (Phi) is 12.1. The maximum Gasteiger partial charge on any atom is 0.328 e. The van der Waals surface area contributed by atoms with Gasteiger partial charge in [-0.1, -0.05) is 35.5 Å². The van der Waals surface area contributed by atoms with Crippen molar-refractivity contribution in [3.05, 3.63) is 71.4 Å². The van der Waals surface area contributed by atoms with Gasteiger partial charge in [0.1, 0.15) is 12.4 Å². The van der Waals surface area contributed by atoms with Crippen LogP contribution >= 0.6 is 0 Å². The predicted octanol–water partition coefficient (Wildman–Crippen LogP) is 4.20. The summed E-state index contributed by atoms with van der Waals surface area (Å²) in [6.45, 7) is 5.84. The van der Waals surface area contributed by atoms with E-state index in [4.69, 9.17) is 28.9 Å². The molecule has 2 N–H and O–H groups in total. The summed E-state index contributed by atoms with van der Waals surface area (Å²) < 4.78 is 23.3. The standard InChI is InChI=1S/C28H37N3O4.C4H4O4/c1-30(2)18-24-26(34-20-22-6-4-3-5-7-22)11-9-23-25(29-35-28(23)24)10-8-21-12-14-31(15-13-21)19-27-32-16-17-33-27;5-3(6)1-2-4(7)8/h3-7,9,11,21,27H,8,10,12-20H2,1-2H3;1-2H,(H,5,6)(H,7,8)/b;2-1+. The molecule has 1 aromatic heterocycles. The number of likely N-dealkylation sites (tertiary alicyclic amines) is 1. The van der Waals surface area contributed by atoms with Gasteiger partial charge in [0.15, 0.2) is 11.9 Å². The molecule has 2 aliphatic rings. The fourth-order valence-corrected chi connectivity index (χ4v) is 5.27. The van der Waals surface area contributed by atoms with Crippen molar-refractivity contribution in [2.75, 3.05) is 46.9 Å². The number of aryl methyl sites for hydroxylation is 1. The van der Waals surface area contributed by atoms with Gasteiger partial charge < -0.3 is 33.8 Å². The van der Waals surface area contributed by atoms with Gasteiger partial charge in [-0.15, -0.1) is 0 Å². The van der Waals surface area contributed by atoms with Crippen LogP contribution < -0.4 is 4.74 Å². The van der Waals surface area contributed by atoms with Crippen LogP contribution in [0.15, 0.2) is 59.1 Å². The van der Waals surface area contributed by atoms with Gasteiger partial charge in [0, 0.05) is 30.6 Å². The third-order valence-electron chi connectivity index (χ3n) is 7.45. The Hall–Kier alpha value is -3.77. The molecule has 11 nitrogen and oxygen atoms in total. The normalized spacial score (nSPS) is 16.5. The van der Waals surface area contributed by atoms with E-state index in [1.54, 1.807) is 0 Å². The molecule has 0 unspecified atom stereocenters. The number of carboxylic acid groups (broad SMARTS) is 2. The van der Waals surface area contributed by atoms with E-state index >= 15 is 0 Å². The average Bonchev–Trinajstić information content (AvgIpc) is 3.66. The zero-order valence-corrected chi connectivity index (χ0v) is 24.8. The number of carbonyl (C=O) groups is 2. The van der Waals surface area contributed by atoms with E-state index in [1.807, 2.05) is 18.2 Å². The quantitative estimate of drug-likeness (QED) is 0.292. The van der Waals surface area contributed by atoms with Crippen LogP contribution in [-0.4, -0.2) is 90.3 Å². The lowest BCUT2D eigenvalue weighted by atomic mass is 9.91. The molecular weight excluding hydrogens is 554 g/mol. The molecule has 0 amide bonds. The maximum absolute atomic E-state index is 9.55. The molecular formula is C32H41N3O8. The molecule has 0 aliphatic carbocycles. The second-order valence-corrected chi connectivity index (χ2v) is 11.0. The number of ether oxygens (including phenoxy) is 3. The number of piperidine rings is 1. The average molecular weight is 596 g/mol. The van der Waals surface area contributed by atoms with Crippen LogP contribution in [0.1, 0.15) is 36.1 Å². The molecule has 3 heterocycles. The SMILES string of the molecule is CN(C)Cc1c(OCc2ccccc2)ccc2c(CCC3CCN(CC4OCCO4)CC3)noc12.O=C(O)/C=C/C(=O)O. The first-order valence-corrected chi connectivity index (χ1v) is 14.6. The molecule has 2 aliphatic heterocycles. The first kappa shape index (κ1) is 32.2. The zero-order chi connectivity index (χ0) is 30.6. The molecule has 0 saturated carbocycles. The Morgan fingerprint density at radius 2 is 1.70 bits per heavy atom. The fraction of sp³-hybridized carbons (Fsp3) is 0.469. The second-order valence-electron chi connectivity index (χ2n) is 11.0. The van der Waals surface area contributed by atoms with E-state index in [0.29, 0.717) is 18.8 Å². The Bertz CT molecular complexity index is 1330. The van der Waals surface area contributed by atoms with E-state index in [2.05, 4.69) is 53.3 Å². The molecule has 0 bridgehead atoms. The Morgan fingerprint density at radius 1 is 1.02 bits per heavy atom. The number of fused-ring (bicyclic) bond motifs is 1. The highest BCUT2D eigenvalue weighted by molar-refractivity contribution is 5.89. The molecule has 0 atom stereocenters. The highest BCUT2D eigenvalue weighted by atomic mass is 16.7. The van der Waals surface area contributed by atoms with Crippen molar-refractivity contribution < 1.29 is 38.5 Å². The van der Waals surface area contributed by atoms with E-state index in [9.17, 15) is 9.59 Å². The van der Waals surface area contributed by atoms with Crippen molar-refractivity contribution >= 4 is 22.9 Å². The zero-order valence-electron chi connectivity index (χ0n) is 24.8. The lowest BCUT2D eigenvalue weighted by molar-refractivity contribution is -0.134. The number of aromatic nitrogens is 1. The number of hydrogen-bond acceptors (Lipinski definition) is 9. The van der Waals surface area contributed by atoms with Crippen LogP contribution in [-0.2, 0) is 38.6 Å². The van der Waals surface area contributed by atoms with Crippen LogP contribution in [0, 0.1) is 5.92 Å². The molecule has 2 saturated heterocycles. The van der Waals surface area contributed by atoms with Gasteiger partial charge in [-0.05, 0) is 76.5 Å². The Morgan fingerprint density at radius 3 is 2.33 bits per heavy atom. The molecule has 2 fully saturated rings. The van der Waals surface area contributed by atoms with Crippen molar-refractivity contribution in [2.24, 2.45) is 5.92 Å². The summed E-state index contributed by atoms with van der Waals surface area (Å²) >= 11 is 0. The summed E-state index contributed by atoms with van der Waals surface area (Å²) in [5.74, 6) is -0.932. The number of rotatable bonds is 12. The number of hydrogen-bond donors (Lipinski definition) is 2. The van der Waals surface area contributed by atoms with Crippen molar-refractivity contribution in [3.63, 3.8) is 0 Å². The van der Waals surface area contributed by atoms with Crippen molar-refractivity contribution in [1.29, 1.82) is 0 Å². The minimum atomic E-state index is -1.26. The lowest BCUT2D eigenvalue weighted by Crippen LogP contribution is -2.39. The number of carboxylic acids is 2. The van der Waals surface area contributed by atoms with Crippen LogP contribution in [0.4, 0.5) is 0 Å². The first-order chi connectivity index (χ1) is 20.8. The van der Waals surface area contributed by atoms with Crippen LogP contribution in [0.2, 0.25) is 0 Å². The summed E-state index contributed by atoms with van der Waals surface area (Å²) in [7, 11) is 4.13. The molecule has 0 radical (unpaired) electrons.